The zero-order chi connectivity index (χ0) is 12.5. The summed E-state index contributed by atoms with van der Waals surface area (Å²) >= 11 is 3.19. The summed E-state index contributed by atoms with van der Waals surface area (Å²) in [5.41, 5.74) is 6.36. The van der Waals surface area contributed by atoms with E-state index in [-0.39, 0.29) is 5.82 Å². The molecule has 0 aliphatic heterocycles. The van der Waals surface area contributed by atoms with E-state index in [4.69, 9.17) is 10.5 Å². The molecular weight excluding hydrogens is 285 g/mol. The molecule has 0 spiro atoms. The minimum absolute atomic E-state index is 0.275. The van der Waals surface area contributed by atoms with Crippen LogP contribution in [0.5, 0.6) is 0 Å². The van der Waals surface area contributed by atoms with E-state index in [1.807, 2.05) is 0 Å². The maximum absolute atomic E-state index is 14.0. The molecule has 2 nitrogen and oxygen atoms in total. The second-order valence-corrected chi connectivity index (χ2v) is 5.45. The largest absolute Gasteiger partial charge is 0.376 e. The molecule has 2 rings (SSSR count). The van der Waals surface area contributed by atoms with Gasteiger partial charge in [0.05, 0.1) is 16.1 Å². The second kappa shape index (κ2) is 5.04. The zero-order valence-corrected chi connectivity index (χ0v) is 11.5. The maximum Gasteiger partial charge on any atom is 0.142 e. The van der Waals surface area contributed by atoms with Crippen LogP contribution in [0.4, 0.5) is 4.39 Å². The van der Waals surface area contributed by atoms with Crippen molar-refractivity contribution in [3.05, 3.63) is 34.1 Å². The van der Waals surface area contributed by atoms with Gasteiger partial charge in [-0.1, -0.05) is 25.0 Å². The molecule has 1 aromatic rings. The highest BCUT2D eigenvalue weighted by atomic mass is 79.9. The lowest BCUT2D eigenvalue weighted by atomic mass is 9.87. The van der Waals surface area contributed by atoms with Crippen molar-refractivity contribution in [2.45, 2.75) is 37.3 Å². The maximum atomic E-state index is 14.0. The molecule has 2 N–H and O–H groups in total. The van der Waals surface area contributed by atoms with Gasteiger partial charge in [0.2, 0.25) is 0 Å². The first-order valence-corrected chi connectivity index (χ1v) is 6.65. The summed E-state index contributed by atoms with van der Waals surface area (Å²) in [6.07, 6.45) is 3.99. The molecule has 0 radical (unpaired) electrons. The van der Waals surface area contributed by atoms with Crippen LogP contribution in [0.15, 0.2) is 22.7 Å². The van der Waals surface area contributed by atoms with E-state index >= 15 is 0 Å². The number of ether oxygens (including phenoxy) is 1. The van der Waals surface area contributed by atoms with E-state index in [1.54, 1.807) is 25.3 Å². The van der Waals surface area contributed by atoms with Gasteiger partial charge in [0.15, 0.2) is 0 Å². The summed E-state index contributed by atoms with van der Waals surface area (Å²) in [5.74, 6) is -0.275. The van der Waals surface area contributed by atoms with Crippen LogP contribution in [0, 0.1) is 5.82 Å². The number of rotatable bonds is 3. The Balaban J connectivity index is 2.35. The van der Waals surface area contributed by atoms with Crippen molar-refractivity contribution in [1.82, 2.24) is 0 Å². The minimum Gasteiger partial charge on any atom is -0.376 e. The van der Waals surface area contributed by atoms with Crippen LogP contribution in [-0.4, -0.2) is 12.7 Å². The van der Waals surface area contributed by atoms with Gasteiger partial charge in [-0.2, -0.15) is 0 Å². The molecule has 1 saturated carbocycles. The lowest BCUT2D eigenvalue weighted by Gasteiger charge is -2.34. The van der Waals surface area contributed by atoms with Gasteiger partial charge in [0, 0.05) is 12.7 Å². The summed E-state index contributed by atoms with van der Waals surface area (Å²) in [6.45, 7) is 0. The van der Waals surface area contributed by atoms with Crippen molar-refractivity contribution in [3.8, 4) is 0 Å². The zero-order valence-electron chi connectivity index (χ0n) is 9.88. The van der Waals surface area contributed by atoms with Crippen LogP contribution in [-0.2, 0) is 4.74 Å². The van der Waals surface area contributed by atoms with E-state index < -0.39 is 11.6 Å². The Bertz CT molecular complexity index is 404. The minimum atomic E-state index is -0.410. The average Bonchev–Trinajstić information content (AvgIpc) is 2.82. The topological polar surface area (TPSA) is 35.2 Å². The Labute approximate surface area is 109 Å². The van der Waals surface area contributed by atoms with Crippen molar-refractivity contribution in [1.29, 1.82) is 0 Å². The molecule has 1 unspecified atom stereocenters. The van der Waals surface area contributed by atoms with Gasteiger partial charge >= 0.3 is 0 Å². The molecule has 0 aromatic heterocycles. The molecule has 1 aromatic carbocycles. The molecule has 1 aliphatic rings. The smallest absolute Gasteiger partial charge is 0.142 e. The molecule has 1 fully saturated rings. The quantitative estimate of drug-likeness (QED) is 0.927. The first-order valence-electron chi connectivity index (χ1n) is 5.85. The van der Waals surface area contributed by atoms with Crippen LogP contribution in [0.1, 0.15) is 37.3 Å². The SMILES string of the molecule is COC1(C(N)c2cccc(Br)c2F)CCCC1. The second-order valence-electron chi connectivity index (χ2n) is 4.60. The fourth-order valence-corrected chi connectivity index (χ4v) is 3.04. The van der Waals surface area contributed by atoms with Crippen LogP contribution in [0.3, 0.4) is 0 Å². The molecule has 0 saturated heterocycles. The normalized spacial score (nSPS) is 20.5. The van der Waals surface area contributed by atoms with Crippen molar-refractivity contribution in [3.63, 3.8) is 0 Å². The van der Waals surface area contributed by atoms with Crippen LogP contribution < -0.4 is 5.73 Å². The van der Waals surface area contributed by atoms with Crippen LogP contribution >= 0.6 is 15.9 Å². The standard InChI is InChI=1S/C13H17BrFNO/c1-17-13(7-2-3-8-13)12(16)9-5-4-6-10(14)11(9)15/h4-6,12H,2-3,7-8,16H2,1H3. The van der Waals surface area contributed by atoms with Gasteiger partial charge in [-0.05, 0) is 34.8 Å². The summed E-state index contributed by atoms with van der Waals surface area (Å²) in [7, 11) is 1.67. The average molecular weight is 302 g/mol. The lowest BCUT2D eigenvalue weighted by Crippen LogP contribution is -2.41. The summed E-state index contributed by atoms with van der Waals surface area (Å²) in [6, 6.07) is 4.82. The van der Waals surface area contributed by atoms with Gasteiger partial charge in [0.1, 0.15) is 5.82 Å². The Kier molecular flexibility index (Phi) is 3.85. The third-order valence-electron chi connectivity index (χ3n) is 3.74. The first-order chi connectivity index (χ1) is 8.10. The van der Waals surface area contributed by atoms with Gasteiger partial charge in [-0.15, -0.1) is 0 Å². The third kappa shape index (κ3) is 2.26. The lowest BCUT2D eigenvalue weighted by molar-refractivity contribution is -0.0272. The Morgan fingerprint density at radius 2 is 2.06 bits per heavy atom. The van der Waals surface area contributed by atoms with Crippen LogP contribution in [0.25, 0.3) is 0 Å². The number of nitrogens with two attached hydrogens (primary N) is 1. The molecule has 1 atom stereocenters. The Morgan fingerprint density at radius 3 is 2.65 bits per heavy atom. The molecule has 0 heterocycles. The molecule has 0 amide bonds. The van der Waals surface area contributed by atoms with Gasteiger partial charge in [0.25, 0.3) is 0 Å². The molecular formula is C13H17BrFNO. The van der Waals surface area contributed by atoms with Crippen molar-refractivity contribution < 1.29 is 9.13 Å². The molecule has 17 heavy (non-hydrogen) atoms. The highest BCUT2D eigenvalue weighted by Gasteiger charge is 2.41. The number of benzene rings is 1. The fraction of sp³-hybridized carbons (Fsp3) is 0.538. The van der Waals surface area contributed by atoms with E-state index in [0.29, 0.717) is 10.0 Å². The summed E-state index contributed by atoms with van der Waals surface area (Å²) in [5, 5.41) is 0. The summed E-state index contributed by atoms with van der Waals surface area (Å²) < 4.78 is 20.1. The number of hydrogen-bond donors (Lipinski definition) is 1. The van der Waals surface area contributed by atoms with Crippen molar-refractivity contribution in [2.24, 2.45) is 5.73 Å². The van der Waals surface area contributed by atoms with Gasteiger partial charge in [-0.3, -0.25) is 0 Å². The molecule has 94 valence electrons. The molecule has 1 aliphatic carbocycles. The van der Waals surface area contributed by atoms with Gasteiger partial charge < -0.3 is 10.5 Å². The summed E-state index contributed by atoms with van der Waals surface area (Å²) in [4.78, 5) is 0. The molecule has 4 heteroatoms. The number of halogens is 2. The number of hydrogen-bond acceptors (Lipinski definition) is 2. The third-order valence-corrected chi connectivity index (χ3v) is 4.35. The van der Waals surface area contributed by atoms with E-state index in [2.05, 4.69) is 15.9 Å². The fourth-order valence-electron chi connectivity index (χ4n) is 2.66. The highest BCUT2D eigenvalue weighted by molar-refractivity contribution is 9.10. The van der Waals surface area contributed by atoms with E-state index in [9.17, 15) is 4.39 Å². The Morgan fingerprint density at radius 1 is 1.41 bits per heavy atom. The first kappa shape index (κ1) is 13.0. The van der Waals surface area contributed by atoms with Crippen molar-refractivity contribution in [2.75, 3.05) is 7.11 Å². The van der Waals surface area contributed by atoms with Crippen molar-refractivity contribution >= 4 is 15.9 Å². The van der Waals surface area contributed by atoms with E-state index in [1.165, 1.54) is 0 Å². The van der Waals surface area contributed by atoms with Crippen LogP contribution in [0.2, 0.25) is 0 Å². The predicted octanol–water partition coefficient (Wildman–Crippen LogP) is 3.55. The number of methoxy groups -OCH3 is 1. The highest BCUT2D eigenvalue weighted by Crippen LogP contribution is 2.42. The molecule has 0 bridgehead atoms. The Hall–Kier alpha value is -0.450. The predicted molar refractivity (Wildman–Crippen MR) is 69.2 cm³/mol. The monoisotopic (exact) mass is 301 g/mol. The van der Waals surface area contributed by atoms with Gasteiger partial charge in [-0.25, -0.2) is 4.39 Å². The van der Waals surface area contributed by atoms with E-state index in [0.717, 1.165) is 25.7 Å².